The number of Topliss-reactive ketones (excluding diaryl/α,β-unsaturated/α-hetero) is 1. The second kappa shape index (κ2) is 5.19. The van der Waals surface area contributed by atoms with E-state index in [1.165, 1.54) is 24.3 Å². The van der Waals surface area contributed by atoms with Crippen molar-refractivity contribution in [1.29, 1.82) is 0 Å². The van der Waals surface area contributed by atoms with Gasteiger partial charge in [0.15, 0.2) is 5.78 Å². The van der Waals surface area contributed by atoms with Crippen LogP contribution < -0.4 is 0 Å². The van der Waals surface area contributed by atoms with Crippen LogP contribution in [0.5, 0.6) is 0 Å². The molecule has 2 aromatic rings. The Balaban J connectivity index is 2.36. The summed E-state index contributed by atoms with van der Waals surface area (Å²) in [7, 11) is 0. The molecule has 0 aliphatic carbocycles. The van der Waals surface area contributed by atoms with Crippen molar-refractivity contribution in [1.82, 2.24) is 0 Å². The summed E-state index contributed by atoms with van der Waals surface area (Å²) >= 11 is 0. The highest BCUT2D eigenvalue weighted by atomic mass is 19.1. The van der Waals surface area contributed by atoms with E-state index in [0.717, 1.165) is 16.7 Å². The summed E-state index contributed by atoms with van der Waals surface area (Å²) in [4.78, 5) is 12.3. The predicted octanol–water partition coefficient (Wildman–Crippen LogP) is 4.34. The maximum Gasteiger partial charge on any atom is 0.193 e. The van der Waals surface area contributed by atoms with Crippen LogP contribution >= 0.6 is 0 Å². The van der Waals surface area contributed by atoms with Gasteiger partial charge < -0.3 is 0 Å². The average molecular weight is 254 g/mol. The van der Waals surface area contributed by atoms with Gasteiger partial charge in [-0.15, -0.1) is 0 Å². The van der Waals surface area contributed by atoms with Gasteiger partial charge in [-0.05, 0) is 49.2 Å². The van der Waals surface area contributed by atoms with Crippen LogP contribution in [-0.2, 0) is 0 Å². The van der Waals surface area contributed by atoms with E-state index >= 15 is 0 Å². The van der Waals surface area contributed by atoms with E-state index < -0.39 is 0 Å². The van der Waals surface area contributed by atoms with E-state index in [9.17, 15) is 9.18 Å². The average Bonchev–Trinajstić information content (AvgIpc) is 2.41. The lowest BCUT2D eigenvalue weighted by atomic mass is 9.94. The van der Waals surface area contributed by atoms with Gasteiger partial charge >= 0.3 is 0 Å². The molecule has 0 N–H and O–H groups in total. The van der Waals surface area contributed by atoms with Gasteiger partial charge in [-0.25, -0.2) is 4.39 Å². The van der Waals surface area contributed by atoms with Gasteiger partial charge in [0.1, 0.15) is 5.82 Å². The number of rotatable bonds is 3. The van der Waals surface area contributed by atoms with Crippen molar-refractivity contribution in [2.24, 2.45) is 0 Å². The fourth-order valence-electron chi connectivity index (χ4n) is 1.96. The number of hydrogen-bond donors (Lipinski definition) is 0. The van der Waals surface area contributed by atoms with Crippen molar-refractivity contribution >= 4 is 11.4 Å². The Morgan fingerprint density at radius 3 is 2.32 bits per heavy atom. The minimum absolute atomic E-state index is 0.172. The Morgan fingerprint density at radius 1 is 1.05 bits per heavy atom. The first-order chi connectivity index (χ1) is 8.99. The molecule has 2 rings (SSSR count). The largest absolute Gasteiger partial charge is 0.289 e. The number of benzene rings is 2. The molecule has 2 aromatic carbocycles. The molecule has 0 amide bonds. The zero-order chi connectivity index (χ0) is 14.0. The number of aryl methyl sites for hydroxylation is 2. The quantitative estimate of drug-likeness (QED) is 0.588. The number of halogens is 1. The van der Waals surface area contributed by atoms with Crippen LogP contribution in [0.2, 0.25) is 0 Å². The summed E-state index contributed by atoms with van der Waals surface area (Å²) in [6.07, 6.45) is 0. The molecule has 0 saturated heterocycles. The molecule has 0 fully saturated rings. The fraction of sp³-hybridized carbons (Fsp3) is 0.118. The first-order valence-corrected chi connectivity index (χ1v) is 6.06. The van der Waals surface area contributed by atoms with Crippen molar-refractivity contribution in [3.8, 4) is 0 Å². The molecular weight excluding hydrogens is 239 g/mol. The minimum atomic E-state index is -0.353. The Morgan fingerprint density at radius 2 is 1.68 bits per heavy atom. The Kier molecular flexibility index (Phi) is 3.61. The molecule has 0 unspecified atom stereocenters. The highest BCUT2D eigenvalue weighted by Gasteiger charge is 2.14. The summed E-state index contributed by atoms with van der Waals surface area (Å²) < 4.78 is 12.9. The summed E-state index contributed by atoms with van der Waals surface area (Å²) in [6.45, 7) is 7.80. The molecular formula is C17H15FO. The lowest BCUT2D eigenvalue weighted by molar-refractivity contribution is 0.105. The smallest absolute Gasteiger partial charge is 0.193 e. The zero-order valence-electron chi connectivity index (χ0n) is 11.0. The highest BCUT2D eigenvalue weighted by molar-refractivity contribution is 6.28. The third-order valence-corrected chi connectivity index (χ3v) is 3.10. The summed E-state index contributed by atoms with van der Waals surface area (Å²) in [6, 6.07) is 11.4. The standard InChI is InChI=1S/C17H15FO/c1-11-4-5-12(2)16(10-11)13(3)17(19)14-6-8-15(18)9-7-14/h4-10H,3H2,1-2H3. The summed E-state index contributed by atoms with van der Waals surface area (Å²) in [5, 5.41) is 0. The molecule has 0 spiro atoms. The number of carbonyl (C=O) groups is 1. The maximum atomic E-state index is 12.9. The molecule has 0 radical (unpaired) electrons. The van der Waals surface area contributed by atoms with Crippen LogP contribution in [0, 0.1) is 19.7 Å². The molecule has 0 aliphatic heterocycles. The normalized spacial score (nSPS) is 10.3. The van der Waals surface area contributed by atoms with Gasteiger partial charge in [0.2, 0.25) is 0 Å². The van der Waals surface area contributed by atoms with Crippen molar-refractivity contribution in [2.75, 3.05) is 0 Å². The molecule has 0 bridgehead atoms. The second-order valence-corrected chi connectivity index (χ2v) is 4.63. The molecule has 19 heavy (non-hydrogen) atoms. The van der Waals surface area contributed by atoms with Crippen molar-refractivity contribution in [2.45, 2.75) is 13.8 Å². The molecule has 0 aromatic heterocycles. The first kappa shape index (κ1) is 13.2. The van der Waals surface area contributed by atoms with Crippen LogP contribution in [0.1, 0.15) is 27.0 Å². The molecule has 96 valence electrons. The Labute approximate surface area is 112 Å². The molecule has 2 heteroatoms. The Hall–Kier alpha value is -2.22. The molecule has 1 nitrogen and oxygen atoms in total. The fourth-order valence-corrected chi connectivity index (χ4v) is 1.96. The zero-order valence-corrected chi connectivity index (χ0v) is 11.0. The topological polar surface area (TPSA) is 17.1 Å². The monoisotopic (exact) mass is 254 g/mol. The van der Waals surface area contributed by atoms with Crippen molar-refractivity contribution in [3.05, 3.63) is 77.1 Å². The van der Waals surface area contributed by atoms with E-state index in [1.807, 2.05) is 32.0 Å². The van der Waals surface area contributed by atoms with Gasteiger partial charge in [0.05, 0.1) is 0 Å². The maximum absolute atomic E-state index is 12.9. The van der Waals surface area contributed by atoms with E-state index in [2.05, 4.69) is 6.58 Å². The van der Waals surface area contributed by atoms with Gasteiger partial charge in [0, 0.05) is 11.1 Å². The van der Waals surface area contributed by atoms with E-state index in [0.29, 0.717) is 11.1 Å². The van der Waals surface area contributed by atoms with Gasteiger partial charge in [-0.2, -0.15) is 0 Å². The van der Waals surface area contributed by atoms with Gasteiger partial charge in [0.25, 0.3) is 0 Å². The first-order valence-electron chi connectivity index (χ1n) is 6.06. The lowest BCUT2D eigenvalue weighted by Gasteiger charge is -2.09. The third kappa shape index (κ3) is 2.79. The van der Waals surface area contributed by atoms with Gasteiger partial charge in [-0.3, -0.25) is 4.79 Å². The van der Waals surface area contributed by atoms with E-state index in [1.54, 1.807) is 0 Å². The van der Waals surface area contributed by atoms with Gasteiger partial charge in [-0.1, -0.05) is 30.3 Å². The number of allylic oxidation sites excluding steroid dienone is 1. The minimum Gasteiger partial charge on any atom is -0.289 e. The summed E-state index contributed by atoms with van der Waals surface area (Å²) in [5.41, 5.74) is 3.81. The van der Waals surface area contributed by atoms with Crippen LogP contribution in [0.15, 0.2) is 49.0 Å². The van der Waals surface area contributed by atoms with Crippen LogP contribution in [0.4, 0.5) is 4.39 Å². The molecule has 0 atom stereocenters. The van der Waals surface area contributed by atoms with E-state index in [4.69, 9.17) is 0 Å². The lowest BCUT2D eigenvalue weighted by Crippen LogP contribution is -2.03. The van der Waals surface area contributed by atoms with Crippen LogP contribution in [-0.4, -0.2) is 5.78 Å². The van der Waals surface area contributed by atoms with Crippen molar-refractivity contribution < 1.29 is 9.18 Å². The van der Waals surface area contributed by atoms with Crippen LogP contribution in [0.3, 0.4) is 0 Å². The second-order valence-electron chi connectivity index (χ2n) is 4.63. The number of ketones is 1. The SMILES string of the molecule is C=C(C(=O)c1ccc(F)cc1)c1cc(C)ccc1C. The number of carbonyl (C=O) groups excluding carboxylic acids is 1. The molecule has 0 heterocycles. The Bertz CT molecular complexity index is 639. The summed E-state index contributed by atoms with van der Waals surface area (Å²) in [5.74, 6) is -0.525. The van der Waals surface area contributed by atoms with Crippen LogP contribution in [0.25, 0.3) is 5.57 Å². The van der Waals surface area contributed by atoms with Crippen molar-refractivity contribution in [3.63, 3.8) is 0 Å². The predicted molar refractivity (Wildman–Crippen MR) is 75.7 cm³/mol. The molecule has 0 aliphatic rings. The third-order valence-electron chi connectivity index (χ3n) is 3.10. The molecule has 0 saturated carbocycles. The highest BCUT2D eigenvalue weighted by Crippen LogP contribution is 2.22. The van der Waals surface area contributed by atoms with E-state index in [-0.39, 0.29) is 11.6 Å². The number of hydrogen-bond acceptors (Lipinski definition) is 1.